The summed E-state index contributed by atoms with van der Waals surface area (Å²) in [6, 6.07) is 9.49. The van der Waals surface area contributed by atoms with E-state index >= 15 is 0 Å². The fourth-order valence-corrected chi connectivity index (χ4v) is 3.02. The van der Waals surface area contributed by atoms with Gasteiger partial charge in [0, 0.05) is 13.1 Å². The normalized spacial score (nSPS) is 18.2. The molecule has 21 heavy (non-hydrogen) atoms. The predicted octanol–water partition coefficient (Wildman–Crippen LogP) is 2.31. The monoisotopic (exact) mass is 290 g/mol. The molecule has 0 radical (unpaired) electrons. The molecule has 1 unspecified atom stereocenters. The van der Waals surface area contributed by atoms with Crippen LogP contribution in [0, 0.1) is 5.92 Å². The topological polar surface area (TPSA) is 52.6 Å². The van der Waals surface area contributed by atoms with Crippen LogP contribution in [0.3, 0.4) is 0 Å². The van der Waals surface area contributed by atoms with Crippen molar-refractivity contribution in [2.45, 2.75) is 31.7 Å². The third-order valence-electron chi connectivity index (χ3n) is 4.71. The van der Waals surface area contributed by atoms with Crippen LogP contribution in [0.2, 0.25) is 0 Å². The number of nitrogens with zero attached hydrogens (tertiary/aromatic N) is 1. The number of aliphatic carboxylic acids is 1. The maximum absolute atomic E-state index is 12.0. The minimum absolute atomic E-state index is 0.496. The molecule has 0 bridgehead atoms. The lowest BCUT2D eigenvalue weighted by Crippen LogP contribution is -2.56. The molecule has 2 N–H and O–H groups in total. The molecular formula is C17H26N2O2. The SMILES string of the molecule is CCN(CC1CCC1)CC(NC)(C(=O)O)c1ccccc1. The summed E-state index contributed by atoms with van der Waals surface area (Å²) in [4.78, 5) is 14.2. The number of carboxylic acids is 1. The van der Waals surface area contributed by atoms with Gasteiger partial charge in [0.1, 0.15) is 0 Å². The van der Waals surface area contributed by atoms with Crippen molar-refractivity contribution in [3.63, 3.8) is 0 Å². The van der Waals surface area contributed by atoms with Gasteiger partial charge in [-0.3, -0.25) is 0 Å². The van der Waals surface area contributed by atoms with Crippen LogP contribution in [0.25, 0.3) is 0 Å². The molecule has 1 aliphatic rings. The van der Waals surface area contributed by atoms with Crippen molar-refractivity contribution in [2.24, 2.45) is 5.92 Å². The number of benzene rings is 1. The minimum Gasteiger partial charge on any atom is -0.480 e. The van der Waals surface area contributed by atoms with E-state index in [0.717, 1.165) is 24.6 Å². The Morgan fingerprint density at radius 1 is 1.38 bits per heavy atom. The van der Waals surface area contributed by atoms with E-state index in [1.807, 2.05) is 30.3 Å². The summed E-state index contributed by atoms with van der Waals surface area (Å²) < 4.78 is 0. The first kappa shape index (κ1) is 16.0. The Balaban J connectivity index is 2.20. The zero-order chi connectivity index (χ0) is 15.3. The Hall–Kier alpha value is -1.39. The van der Waals surface area contributed by atoms with Gasteiger partial charge in [0.25, 0.3) is 0 Å². The largest absolute Gasteiger partial charge is 0.480 e. The smallest absolute Gasteiger partial charge is 0.329 e. The Bertz CT molecular complexity index is 459. The van der Waals surface area contributed by atoms with Gasteiger partial charge in [-0.2, -0.15) is 0 Å². The van der Waals surface area contributed by atoms with Gasteiger partial charge >= 0.3 is 5.97 Å². The first-order chi connectivity index (χ1) is 10.1. The highest BCUT2D eigenvalue weighted by molar-refractivity contribution is 5.81. The van der Waals surface area contributed by atoms with E-state index in [9.17, 15) is 9.90 Å². The van der Waals surface area contributed by atoms with E-state index in [4.69, 9.17) is 0 Å². The molecule has 0 aliphatic heterocycles. The molecule has 0 spiro atoms. The molecule has 0 amide bonds. The van der Waals surface area contributed by atoms with Gasteiger partial charge in [-0.05, 0) is 37.9 Å². The molecule has 116 valence electrons. The van der Waals surface area contributed by atoms with Crippen molar-refractivity contribution in [2.75, 3.05) is 26.7 Å². The van der Waals surface area contributed by atoms with E-state index in [2.05, 4.69) is 17.1 Å². The van der Waals surface area contributed by atoms with Crippen LogP contribution in [0.1, 0.15) is 31.7 Å². The molecule has 0 saturated heterocycles. The standard InChI is InChI=1S/C17H26N2O2/c1-3-19(12-14-8-7-9-14)13-17(18-2,16(20)21)15-10-5-4-6-11-15/h4-6,10-11,14,18H,3,7-9,12-13H2,1-2H3,(H,20,21). The van der Waals surface area contributed by atoms with Gasteiger partial charge in [-0.25, -0.2) is 4.79 Å². The third kappa shape index (κ3) is 3.44. The molecule has 4 heteroatoms. The molecule has 2 rings (SSSR count). The Labute approximate surface area is 127 Å². The summed E-state index contributed by atoms with van der Waals surface area (Å²) in [6.07, 6.45) is 3.87. The number of rotatable bonds is 8. The highest BCUT2D eigenvalue weighted by atomic mass is 16.4. The van der Waals surface area contributed by atoms with Crippen LogP contribution in [0.5, 0.6) is 0 Å². The summed E-state index contributed by atoms with van der Waals surface area (Å²) in [5.74, 6) is -0.0765. The van der Waals surface area contributed by atoms with Gasteiger partial charge in [0.15, 0.2) is 5.54 Å². The van der Waals surface area contributed by atoms with Crippen molar-refractivity contribution >= 4 is 5.97 Å². The average molecular weight is 290 g/mol. The van der Waals surface area contributed by atoms with Crippen LogP contribution >= 0.6 is 0 Å². The predicted molar refractivity (Wildman–Crippen MR) is 84.3 cm³/mol. The van der Waals surface area contributed by atoms with Gasteiger partial charge in [0.05, 0.1) is 0 Å². The van der Waals surface area contributed by atoms with Crippen molar-refractivity contribution in [3.05, 3.63) is 35.9 Å². The lowest BCUT2D eigenvalue weighted by molar-refractivity contribution is -0.146. The first-order valence-corrected chi connectivity index (χ1v) is 7.82. The zero-order valence-corrected chi connectivity index (χ0v) is 13.0. The van der Waals surface area contributed by atoms with Gasteiger partial charge < -0.3 is 15.3 Å². The highest BCUT2D eigenvalue weighted by Crippen LogP contribution is 2.29. The Morgan fingerprint density at radius 3 is 2.48 bits per heavy atom. The quantitative estimate of drug-likeness (QED) is 0.771. The summed E-state index contributed by atoms with van der Waals surface area (Å²) in [5, 5.41) is 12.9. The van der Waals surface area contributed by atoms with Crippen LogP contribution < -0.4 is 5.32 Å². The molecule has 1 saturated carbocycles. The summed E-state index contributed by atoms with van der Waals surface area (Å²) in [7, 11) is 1.73. The van der Waals surface area contributed by atoms with E-state index in [1.54, 1.807) is 7.05 Å². The molecule has 4 nitrogen and oxygen atoms in total. The second kappa shape index (κ2) is 7.05. The van der Waals surface area contributed by atoms with Crippen LogP contribution in [0.15, 0.2) is 30.3 Å². The second-order valence-electron chi connectivity index (χ2n) is 5.95. The lowest BCUT2D eigenvalue weighted by Gasteiger charge is -2.38. The zero-order valence-electron chi connectivity index (χ0n) is 13.0. The third-order valence-corrected chi connectivity index (χ3v) is 4.71. The summed E-state index contributed by atoms with van der Waals surface area (Å²) in [6.45, 7) is 4.47. The van der Waals surface area contributed by atoms with Gasteiger partial charge in [-0.15, -0.1) is 0 Å². The minimum atomic E-state index is -1.04. The van der Waals surface area contributed by atoms with Crippen LogP contribution in [-0.4, -0.2) is 42.7 Å². The number of carbonyl (C=O) groups is 1. The number of hydrogen-bond donors (Lipinski definition) is 2. The van der Waals surface area contributed by atoms with Gasteiger partial charge in [-0.1, -0.05) is 43.7 Å². The second-order valence-corrected chi connectivity index (χ2v) is 5.95. The molecule has 1 fully saturated rings. The van der Waals surface area contributed by atoms with Crippen LogP contribution in [0.4, 0.5) is 0 Å². The number of carboxylic acid groups (broad SMARTS) is 1. The van der Waals surface area contributed by atoms with Crippen molar-refractivity contribution in [3.8, 4) is 0 Å². The fraction of sp³-hybridized carbons (Fsp3) is 0.588. The number of likely N-dealkylation sites (N-methyl/N-ethyl adjacent to an activating group) is 2. The Morgan fingerprint density at radius 2 is 2.05 bits per heavy atom. The van der Waals surface area contributed by atoms with Gasteiger partial charge in [0.2, 0.25) is 0 Å². The molecule has 1 atom stereocenters. The fourth-order valence-electron chi connectivity index (χ4n) is 3.02. The van der Waals surface area contributed by atoms with Crippen molar-refractivity contribution < 1.29 is 9.90 Å². The molecular weight excluding hydrogens is 264 g/mol. The molecule has 1 aromatic carbocycles. The first-order valence-electron chi connectivity index (χ1n) is 7.82. The van der Waals surface area contributed by atoms with E-state index in [-0.39, 0.29) is 0 Å². The van der Waals surface area contributed by atoms with Crippen molar-refractivity contribution in [1.29, 1.82) is 0 Å². The molecule has 0 aromatic heterocycles. The van der Waals surface area contributed by atoms with E-state index < -0.39 is 11.5 Å². The lowest BCUT2D eigenvalue weighted by atomic mass is 9.84. The number of nitrogens with one attached hydrogen (secondary N) is 1. The maximum atomic E-state index is 12.0. The highest BCUT2D eigenvalue weighted by Gasteiger charge is 2.40. The Kier molecular flexibility index (Phi) is 5.37. The maximum Gasteiger partial charge on any atom is 0.329 e. The van der Waals surface area contributed by atoms with Crippen molar-refractivity contribution in [1.82, 2.24) is 10.2 Å². The summed E-state index contributed by atoms with van der Waals surface area (Å²) >= 11 is 0. The average Bonchev–Trinajstić information content (AvgIpc) is 2.46. The van der Waals surface area contributed by atoms with E-state index in [1.165, 1.54) is 19.3 Å². The van der Waals surface area contributed by atoms with Crippen LogP contribution in [-0.2, 0) is 10.3 Å². The molecule has 0 heterocycles. The summed E-state index contributed by atoms with van der Waals surface area (Å²) in [5.41, 5.74) is -0.229. The number of hydrogen-bond acceptors (Lipinski definition) is 3. The molecule has 1 aromatic rings. The molecule has 1 aliphatic carbocycles. The van der Waals surface area contributed by atoms with E-state index in [0.29, 0.717) is 6.54 Å².